The van der Waals surface area contributed by atoms with Gasteiger partial charge in [0.2, 0.25) is 0 Å². The van der Waals surface area contributed by atoms with Crippen molar-refractivity contribution in [3.63, 3.8) is 0 Å². The zero-order valence-electron chi connectivity index (χ0n) is 9.02. The Labute approximate surface area is 93.9 Å². The summed E-state index contributed by atoms with van der Waals surface area (Å²) in [4.78, 5) is 4.04. The van der Waals surface area contributed by atoms with Crippen LogP contribution < -0.4 is 5.73 Å². The van der Waals surface area contributed by atoms with E-state index in [-0.39, 0.29) is 5.82 Å². The molecule has 0 saturated heterocycles. The molecule has 0 aliphatic carbocycles. The average molecular weight is 216 g/mol. The normalized spacial score (nSPS) is 14.4. The monoisotopic (exact) mass is 216 g/mol. The van der Waals surface area contributed by atoms with Crippen LogP contribution in [0.4, 0.5) is 4.39 Å². The Morgan fingerprint density at radius 3 is 2.38 bits per heavy atom. The third-order valence-electron chi connectivity index (χ3n) is 2.71. The van der Waals surface area contributed by atoms with Crippen molar-refractivity contribution in [3.8, 4) is 0 Å². The molecule has 0 bridgehead atoms. The minimum atomic E-state index is -0.651. The lowest BCUT2D eigenvalue weighted by Gasteiger charge is -2.25. The van der Waals surface area contributed by atoms with Crippen LogP contribution in [0.5, 0.6) is 0 Å². The second-order valence-electron chi connectivity index (χ2n) is 3.95. The van der Waals surface area contributed by atoms with Crippen LogP contribution in [0.3, 0.4) is 0 Å². The maximum atomic E-state index is 12.8. The molecule has 2 rings (SSSR count). The molecule has 1 aromatic heterocycles. The molecule has 1 unspecified atom stereocenters. The quantitative estimate of drug-likeness (QED) is 0.837. The summed E-state index contributed by atoms with van der Waals surface area (Å²) in [5.74, 6) is -0.259. The number of nitrogens with two attached hydrogens (primary N) is 1. The number of nitrogens with zero attached hydrogens (tertiary/aromatic N) is 1. The molecule has 2 aromatic rings. The van der Waals surface area contributed by atoms with Crippen molar-refractivity contribution in [3.05, 3.63) is 65.7 Å². The largest absolute Gasteiger partial charge is 0.318 e. The van der Waals surface area contributed by atoms with Crippen LogP contribution in [-0.2, 0) is 5.54 Å². The third-order valence-corrected chi connectivity index (χ3v) is 2.71. The first kappa shape index (κ1) is 10.8. The van der Waals surface area contributed by atoms with Crippen molar-refractivity contribution in [2.45, 2.75) is 12.5 Å². The first-order valence-corrected chi connectivity index (χ1v) is 5.06. The van der Waals surface area contributed by atoms with Gasteiger partial charge in [0.15, 0.2) is 0 Å². The van der Waals surface area contributed by atoms with E-state index in [1.807, 2.05) is 19.1 Å². The standard InChI is InChI=1S/C13H13FN2/c1-13(15,11-3-2-8-16-9-11)10-4-6-12(14)7-5-10/h2-9H,15H2,1H3. The Morgan fingerprint density at radius 1 is 1.12 bits per heavy atom. The van der Waals surface area contributed by atoms with Crippen LogP contribution in [0.25, 0.3) is 0 Å². The van der Waals surface area contributed by atoms with Crippen LogP contribution in [0, 0.1) is 5.82 Å². The van der Waals surface area contributed by atoms with Gasteiger partial charge in [-0.1, -0.05) is 18.2 Å². The molecule has 0 amide bonds. The van der Waals surface area contributed by atoms with Gasteiger partial charge in [-0.15, -0.1) is 0 Å². The van der Waals surface area contributed by atoms with Gasteiger partial charge in [-0.3, -0.25) is 4.98 Å². The minimum Gasteiger partial charge on any atom is -0.318 e. The highest BCUT2D eigenvalue weighted by Gasteiger charge is 2.23. The smallest absolute Gasteiger partial charge is 0.123 e. The second kappa shape index (κ2) is 4.02. The van der Waals surface area contributed by atoms with E-state index in [0.717, 1.165) is 11.1 Å². The molecule has 2 N–H and O–H groups in total. The summed E-state index contributed by atoms with van der Waals surface area (Å²) in [6, 6.07) is 9.97. The number of hydrogen-bond donors (Lipinski definition) is 1. The summed E-state index contributed by atoms with van der Waals surface area (Å²) >= 11 is 0. The zero-order chi connectivity index (χ0) is 11.6. The van der Waals surface area contributed by atoms with Gasteiger partial charge in [-0.05, 0) is 36.2 Å². The van der Waals surface area contributed by atoms with Gasteiger partial charge in [0.1, 0.15) is 5.82 Å². The molecule has 1 heterocycles. The number of hydrogen-bond acceptors (Lipinski definition) is 2. The molecule has 3 heteroatoms. The van der Waals surface area contributed by atoms with Crippen molar-refractivity contribution in [2.75, 3.05) is 0 Å². The lowest BCUT2D eigenvalue weighted by atomic mass is 9.87. The van der Waals surface area contributed by atoms with E-state index < -0.39 is 5.54 Å². The van der Waals surface area contributed by atoms with E-state index in [1.54, 1.807) is 24.5 Å². The predicted molar refractivity (Wildman–Crippen MR) is 61.3 cm³/mol. The maximum Gasteiger partial charge on any atom is 0.123 e. The fraction of sp³-hybridized carbons (Fsp3) is 0.154. The Hall–Kier alpha value is -1.74. The molecule has 0 spiro atoms. The van der Waals surface area contributed by atoms with Crippen LogP contribution in [0.2, 0.25) is 0 Å². The summed E-state index contributed by atoms with van der Waals surface area (Å²) in [5, 5.41) is 0. The fourth-order valence-corrected chi connectivity index (χ4v) is 1.63. The molecule has 0 aliphatic heterocycles. The van der Waals surface area contributed by atoms with Gasteiger partial charge in [-0.25, -0.2) is 4.39 Å². The van der Waals surface area contributed by atoms with E-state index in [1.165, 1.54) is 12.1 Å². The molecule has 2 nitrogen and oxygen atoms in total. The van der Waals surface area contributed by atoms with Crippen LogP contribution in [0.1, 0.15) is 18.1 Å². The van der Waals surface area contributed by atoms with Gasteiger partial charge in [0, 0.05) is 12.4 Å². The highest BCUT2D eigenvalue weighted by atomic mass is 19.1. The maximum absolute atomic E-state index is 12.8. The minimum absolute atomic E-state index is 0.259. The topological polar surface area (TPSA) is 38.9 Å². The Balaban J connectivity index is 2.43. The first-order chi connectivity index (χ1) is 7.60. The van der Waals surface area contributed by atoms with Crippen molar-refractivity contribution in [2.24, 2.45) is 5.73 Å². The molecule has 1 aromatic carbocycles. The predicted octanol–water partition coefficient (Wildman–Crippen LogP) is 2.44. The highest BCUT2D eigenvalue weighted by Crippen LogP contribution is 2.25. The van der Waals surface area contributed by atoms with Gasteiger partial charge in [0.25, 0.3) is 0 Å². The lowest BCUT2D eigenvalue weighted by Crippen LogP contribution is -2.34. The Kier molecular flexibility index (Phi) is 2.71. The number of rotatable bonds is 2. The van der Waals surface area contributed by atoms with Crippen LogP contribution in [0.15, 0.2) is 48.8 Å². The molecule has 0 aliphatic rings. The molecule has 0 fully saturated rings. The summed E-state index contributed by atoms with van der Waals surface area (Å²) in [7, 11) is 0. The number of aromatic nitrogens is 1. The summed E-state index contributed by atoms with van der Waals surface area (Å²) in [5.41, 5.74) is 7.36. The van der Waals surface area contributed by atoms with Crippen molar-refractivity contribution >= 4 is 0 Å². The second-order valence-corrected chi connectivity index (χ2v) is 3.95. The zero-order valence-corrected chi connectivity index (χ0v) is 9.02. The first-order valence-electron chi connectivity index (χ1n) is 5.06. The molecule has 0 radical (unpaired) electrons. The van der Waals surface area contributed by atoms with Crippen LogP contribution in [-0.4, -0.2) is 4.98 Å². The van der Waals surface area contributed by atoms with E-state index in [0.29, 0.717) is 0 Å². The van der Waals surface area contributed by atoms with E-state index in [2.05, 4.69) is 4.98 Å². The van der Waals surface area contributed by atoms with Gasteiger partial charge in [-0.2, -0.15) is 0 Å². The Bertz CT molecular complexity index is 463. The molecule has 0 saturated carbocycles. The number of halogens is 1. The fourth-order valence-electron chi connectivity index (χ4n) is 1.63. The molecular formula is C13H13FN2. The molecule has 16 heavy (non-hydrogen) atoms. The SMILES string of the molecule is CC(N)(c1ccc(F)cc1)c1cccnc1. The van der Waals surface area contributed by atoms with E-state index in [4.69, 9.17) is 5.73 Å². The summed E-state index contributed by atoms with van der Waals surface area (Å²) in [6.45, 7) is 1.89. The molecular weight excluding hydrogens is 203 g/mol. The number of pyridine rings is 1. The summed E-state index contributed by atoms with van der Waals surface area (Å²) in [6.07, 6.45) is 3.42. The van der Waals surface area contributed by atoms with Gasteiger partial charge < -0.3 is 5.73 Å². The van der Waals surface area contributed by atoms with Crippen molar-refractivity contribution in [1.82, 2.24) is 4.98 Å². The van der Waals surface area contributed by atoms with E-state index in [9.17, 15) is 4.39 Å². The third kappa shape index (κ3) is 1.95. The van der Waals surface area contributed by atoms with Gasteiger partial charge in [0.05, 0.1) is 5.54 Å². The molecule has 82 valence electrons. The van der Waals surface area contributed by atoms with Crippen molar-refractivity contribution in [1.29, 1.82) is 0 Å². The van der Waals surface area contributed by atoms with Gasteiger partial charge >= 0.3 is 0 Å². The van der Waals surface area contributed by atoms with Crippen molar-refractivity contribution < 1.29 is 4.39 Å². The van der Waals surface area contributed by atoms with E-state index >= 15 is 0 Å². The average Bonchev–Trinajstić information content (AvgIpc) is 2.31. The lowest BCUT2D eigenvalue weighted by molar-refractivity contribution is 0.591. The number of benzene rings is 1. The highest BCUT2D eigenvalue weighted by molar-refractivity contribution is 5.35. The molecule has 1 atom stereocenters. The summed E-state index contributed by atoms with van der Waals surface area (Å²) < 4.78 is 12.8. The Morgan fingerprint density at radius 2 is 1.81 bits per heavy atom. The van der Waals surface area contributed by atoms with Crippen LogP contribution >= 0.6 is 0 Å².